The monoisotopic (exact) mass is 407 g/mol. The third-order valence-corrected chi connectivity index (χ3v) is 4.84. The molecule has 0 fully saturated rings. The number of pyridine rings is 1. The van der Waals surface area contributed by atoms with Gasteiger partial charge in [-0.3, -0.25) is 9.78 Å². The summed E-state index contributed by atoms with van der Waals surface area (Å²) in [6.45, 7) is 3.81. The highest BCUT2D eigenvalue weighted by Crippen LogP contribution is 2.27. The first-order valence-electron chi connectivity index (χ1n) is 6.59. The van der Waals surface area contributed by atoms with Gasteiger partial charge in [-0.2, -0.15) is 0 Å². The molecule has 23 heavy (non-hydrogen) atoms. The van der Waals surface area contributed by atoms with Crippen molar-refractivity contribution in [3.63, 3.8) is 0 Å². The van der Waals surface area contributed by atoms with Crippen LogP contribution in [0.2, 0.25) is 5.02 Å². The van der Waals surface area contributed by atoms with Crippen molar-refractivity contribution in [2.45, 2.75) is 4.90 Å². The van der Waals surface area contributed by atoms with Crippen molar-refractivity contribution in [2.24, 2.45) is 0 Å². The average molecular weight is 409 g/mol. The summed E-state index contributed by atoms with van der Waals surface area (Å²) < 4.78 is 0.728. The van der Waals surface area contributed by atoms with Gasteiger partial charge in [0.1, 0.15) is 5.69 Å². The maximum atomic E-state index is 12.3. The van der Waals surface area contributed by atoms with E-state index in [2.05, 4.69) is 37.5 Å². The number of halogens is 2. The van der Waals surface area contributed by atoms with Gasteiger partial charge in [-0.25, -0.2) is 4.98 Å². The Morgan fingerprint density at radius 3 is 2.87 bits per heavy atom. The van der Waals surface area contributed by atoms with Crippen molar-refractivity contribution in [1.82, 2.24) is 15.0 Å². The number of H-pyrrole nitrogens is 1. The number of thioether (sulfide) groups is 1. The minimum absolute atomic E-state index is 0.260. The Hall–Kier alpha value is -1.63. The topological polar surface area (TPSA) is 58.6 Å². The van der Waals surface area contributed by atoms with Gasteiger partial charge in [0, 0.05) is 15.6 Å². The van der Waals surface area contributed by atoms with E-state index in [0.29, 0.717) is 27.4 Å². The molecule has 2 heterocycles. The molecule has 3 aromatic rings. The predicted octanol–water partition coefficient (Wildman–Crippen LogP) is 4.77. The molecule has 0 spiro atoms. The molecule has 0 aliphatic heterocycles. The van der Waals surface area contributed by atoms with E-state index in [1.54, 1.807) is 36.2 Å². The summed E-state index contributed by atoms with van der Waals surface area (Å²) in [5.74, 6) is 0.377. The molecule has 0 saturated heterocycles. The number of fused-ring (bicyclic) bond motifs is 1. The smallest absolute Gasteiger partial charge is 0.259 e. The number of nitrogens with zero attached hydrogens (tertiary/aromatic N) is 2. The van der Waals surface area contributed by atoms with Crippen LogP contribution in [0.15, 0.2) is 45.1 Å². The van der Waals surface area contributed by atoms with Gasteiger partial charge in [-0.15, -0.1) is 11.8 Å². The van der Waals surface area contributed by atoms with Crippen LogP contribution in [0, 0.1) is 0 Å². The molecular formula is C16H11BrClN3OS. The van der Waals surface area contributed by atoms with Gasteiger partial charge in [-0.1, -0.05) is 40.2 Å². The minimum atomic E-state index is -0.260. The summed E-state index contributed by atoms with van der Waals surface area (Å²) in [4.78, 5) is 24.9. The number of nitrogens with one attached hydrogen (secondary N) is 1. The van der Waals surface area contributed by atoms with Crippen LogP contribution in [0.3, 0.4) is 0 Å². The van der Waals surface area contributed by atoms with E-state index < -0.39 is 0 Å². The molecule has 3 rings (SSSR count). The number of rotatable bonds is 3. The van der Waals surface area contributed by atoms with Crippen molar-refractivity contribution >= 4 is 56.3 Å². The van der Waals surface area contributed by atoms with E-state index in [9.17, 15) is 4.79 Å². The van der Waals surface area contributed by atoms with E-state index in [1.165, 1.54) is 0 Å². The Balaban J connectivity index is 2.25. The van der Waals surface area contributed by atoms with Crippen molar-refractivity contribution in [2.75, 3.05) is 6.26 Å². The van der Waals surface area contributed by atoms with Crippen LogP contribution < -0.4 is 5.56 Å². The zero-order chi connectivity index (χ0) is 16.6. The molecule has 116 valence electrons. The molecule has 7 heteroatoms. The van der Waals surface area contributed by atoms with Crippen molar-refractivity contribution in [3.05, 3.63) is 56.4 Å². The Kier molecular flexibility index (Phi) is 4.57. The van der Waals surface area contributed by atoms with Crippen LogP contribution in [0.25, 0.3) is 28.5 Å². The van der Waals surface area contributed by atoms with Crippen molar-refractivity contribution < 1.29 is 0 Å². The lowest BCUT2D eigenvalue weighted by Crippen LogP contribution is -2.10. The van der Waals surface area contributed by atoms with Gasteiger partial charge in [0.2, 0.25) is 0 Å². The standard InChI is InChI=1S/C16H11BrClN3OS/c1-3-8-4-12(19-7-13(8)23-2)15-20-14-10(16(22)21-15)5-9(17)6-11(14)18/h3-7H,1H2,2H3,(H,20,21,22). The van der Waals surface area contributed by atoms with E-state index >= 15 is 0 Å². The second kappa shape index (κ2) is 6.47. The zero-order valence-corrected chi connectivity index (χ0v) is 15.2. The van der Waals surface area contributed by atoms with Crippen LogP contribution in [-0.4, -0.2) is 21.2 Å². The minimum Gasteiger partial charge on any atom is -0.305 e. The molecule has 0 saturated carbocycles. The summed E-state index contributed by atoms with van der Waals surface area (Å²) >= 11 is 11.1. The van der Waals surface area contributed by atoms with Crippen LogP contribution in [0.1, 0.15) is 5.56 Å². The molecule has 1 N–H and O–H groups in total. The fraction of sp³-hybridized carbons (Fsp3) is 0.0625. The van der Waals surface area contributed by atoms with Crippen molar-refractivity contribution in [3.8, 4) is 11.5 Å². The largest absolute Gasteiger partial charge is 0.305 e. The number of aromatic amines is 1. The van der Waals surface area contributed by atoms with Gasteiger partial charge in [0.15, 0.2) is 5.82 Å². The molecule has 0 aliphatic rings. The third-order valence-electron chi connectivity index (χ3n) is 3.31. The fourth-order valence-corrected chi connectivity index (χ4v) is 3.59. The molecule has 2 aromatic heterocycles. The molecule has 0 aliphatic carbocycles. The highest BCUT2D eigenvalue weighted by molar-refractivity contribution is 9.10. The normalized spacial score (nSPS) is 10.9. The highest BCUT2D eigenvalue weighted by atomic mass is 79.9. The molecule has 4 nitrogen and oxygen atoms in total. The Morgan fingerprint density at radius 2 is 2.17 bits per heavy atom. The van der Waals surface area contributed by atoms with Crippen LogP contribution in [0.5, 0.6) is 0 Å². The molecule has 0 unspecified atom stereocenters. The predicted molar refractivity (Wildman–Crippen MR) is 100 cm³/mol. The van der Waals surface area contributed by atoms with Crippen LogP contribution in [-0.2, 0) is 0 Å². The maximum absolute atomic E-state index is 12.3. The number of hydrogen-bond donors (Lipinski definition) is 1. The fourth-order valence-electron chi connectivity index (χ4n) is 2.21. The molecule has 0 bridgehead atoms. The zero-order valence-electron chi connectivity index (χ0n) is 12.1. The van der Waals surface area contributed by atoms with Gasteiger partial charge in [0.25, 0.3) is 5.56 Å². The first-order valence-corrected chi connectivity index (χ1v) is 8.99. The van der Waals surface area contributed by atoms with Gasteiger partial charge in [0.05, 0.1) is 15.9 Å². The van der Waals surface area contributed by atoms with Gasteiger partial charge < -0.3 is 4.98 Å². The summed E-state index contributed by atoms with van der Waals surface area (Å²) in [6.07, 6.45) is 5.46. The van der Waals surface area contributed by atoms with E-state index in [4.69, 9.17) is 11.6 Å². The molecule has 1 aromatic carbocycles. The first-order chi connectivity index (χ1) is 11.0. The second-order valence-corrected chi connectivity index (χ2v) is 6.88. The van der Waals surface area contributed by atoms with E-state index in [0.717, 1.165) is 14.9 Å². The Bertz CT molecular complexity index is 987. The van der Waals surface area contributed by atoms with Crippen molar-refractivity contribution in [1.29, 1.82) is 0 Å². The summed E-state index contributed by atoms with van der Waals surface area (Å²) in [5, 5.41) is 0.837. The Morgan fingerprint density at radius 1 is 1.39 bits per heavy atom. The summed E-state index contributed by atoms with van der Waals surface area (Å²) in [7, 11) is 0. The summed E-state index contributed by atoms with van der Waals surface area (Å²) in [5.41, 5.74) is 1.69. The average Bonchev–Trinajstić information content (AvgIpc) is 2.55. The SMILES string of the molecule is C=Cc1cc(-c2nc3c(Cl)cc(Br)cc3c(=O)[nH]2)ncc1SC. The summed E-state index contributed by atoms with van der Waals surface area (Å²) in [6, 6.07) is 5.24. The molecule has 0 atom stereocenters. The highest BCUT2D eigenvalue weighted by Gasteiger charge is 2.12. The lowest BCUT2D eigenvalue weighted by atomic mass is 10.2. The molecular weight excluding hydrogens is 398 g/mol. The molecule has 0 radical (unpaired) electrons. The number of aromatic nitrogens is 3. The van der Waals surface area contributed by atoms with Crippen LogP contribution >= 0.6 is 39.3 Å². The number of hydrogen-bond acceptors (Lipinski definition) is 4. The lowest BCUT2D eigenvalue weighted by Gasteiger charge is -2.07. The van der Waals surface area contributed by atoms with E-state index in [-0.39, 0.29) is 5.56 Å². The van der Waals surface area contributed by atoms with E-state index in [1.807, 2.05) is 12.3 Å². The van der Waals surface area contributed by atoms with Gasteiger partial charge >= 0.3 is 0 Å². The molecule has 0 amide bonds. The maximum Gasteiger partial charge on any atom is 0.259 e. The quantitative estimate of drug-likeness (QED) is 0.634. The third kappa shape index (κ3) is 3.06. The van der Waals surface area contributed by atoms with Crippen LogP contribution in [0.4, 0.5) is 0 Å². The number of benzene rings is 1. The second-order valence-electron chi connectivity index (χ2n) is 4.71. The first kappa shape index (κ1) is 16.2. The Labute approximate surface area is 150 Å². The van der Waals surface area contributed by atoms with Gasteiger partial charge in [-0.05, 0) is 30.0 Å². The lowest BCUT2D eigenvalue weighted by molar-refractivity contribution is 1.12.